The summed E-state index contributed by atoms with van der Waals surface area (Å²) in [5.41, 5.74) is 16.8. The Morgan fingerprint density at radius 3 is 2.08 bits per heavy atom. The number of rotatable bonds is 7. The number of allylic oxidation sites excluding steroid dienone is 2. The Hall–Kier alpha value is -6.90. The molecule has 1 aliphatic rings. The average Bonchev–Trinajstić information content (AvgIpc) is 3.72. The normalized spacial score (nSPS) is 11.9. The molecule has 0 radical (unpaired) electrons. The molecule has 0 spiro atoms. The number of fused-ring (bicyclic) bond motifs is 6. The average molecular weight is 677 g/mol. The van der Waals surface area contributed by atoms with E-state index >= 15 is 0 Å². The Kier molecular flexibility index (Phi) is 7.23. The fourth-order valence-corrected chi connectivity index (χ4v) is 8.46. The molecule has 0 bridgehead atoms. The monoisotopic (exact) mass is 676 g/mol. The van der Waals surface area contributed by atoms with Crippen LogP contribution in [0.1, 0.15) is 11.1 Å². The van der Waals surface area contributed by atoms with Crippen molar-refractivity contribution in [3.63, 3.8) is 0 Å². The molecular formula is C51H36N2. The number of para-hydroxylation sites is 2. The second kappa shape index (κ2) is 12.4. The minimum absolute atomic E-state index is 1.10. The number of aryl methyl sites for hydroxylation is 1. The summed E-state index contributed by atoms with van der Waals surface area (Å²) in [6.07, 6.45) is 6.11. The molecule has 0 aliphatic heterocycles. The van der Waals surface area contributed by atoms with Gasteiger partial charge in [-0.05, 0) is 117 Å². The molecule has 0 fully saturated rings. The van der Waals surface area contributed by atoms with Crippen LogP contribution < -0.4 is 4.90 Å². The van der Waals surface area contributed by atoms with Gasteiger partial charge in [-0.25, -0.2) is 0 Å². The van der Waals surface area contributed by atoms with Crippen molar-refractivity contribution in [2.75, 3.05) is 4.90 Å². The van der Waals surface area contributed by atoms with Crippen molar-refractivity contribution in [2.45, 2.75) is 6.92 Å². The molecular weight excluding hydrogens is 641 g/mol. The molecule has 2 nitrogen and oxygen atoms in total. The van der Waals surface area contributed by atoms with Crippen LogP contribution in [0.2, 0.25) is 0 Å². The molecule has 0 saturated carbocycles. The Labute approximate surface area is 309 Å². The lowest BCUT2D eigenvalue weighted by molar-refractivity contribution is 1.18. The largest absolute Gasteiger partial charge is 0.310 e. The fourth-order valence-electron chi connectivity index (χ4n) is 8.46. The van der Waals surface area contributed by atoms with Crippen molar-refractivity contribution in [3.8, 4) is 39.1 Å². The summed E-state index contributed by atoms with van der Waals surface area (Å²) >= 11 is 0. The minimum atomic E-state index is 1.10. The van der Waals surface area contributed by atoms with Crippen LogP contribution in [0, 0.1) is 6.92 Å². The van der Waals surface area contributed by atoms with E-state index < -0.39 is 0 Å². The summed E-state index contributed by atoms with van der Waals surface area (Å²) in [6.45, 7) is 6.17. The molecule has 53 heavy (non-hydrogen) atoms. The zero-order valence-electron chi connectivity index (χ0n) is 29.5. The number of anilines is 3. The van der Waals surface area contributed by atoms with Crippen LogP contribution in [-0.4, -0.2) is 4.57 Å². The van der Waals surface area contributed by atoms with Crippen molar-refractivity contribution in [2.24, 2.45) is 0 Å². The molecule has 10 rings (SSSR count). The molecule has 1 aliphatic carbocycles. The van der Waals surface area contributed by atoms with Gasteiger partial charge in [-0.15, -0.1) is 0 Å². The van der Waals surface area contributed by atoms with Crippen molar-refractivity contribution >= 4 is 55.7 Å². The summed E-state index contributed by atoms with van der Waals surface area (Å²) in [4.78, 5) is 2.42. The fraction of sp³-hybridized carbons (Fsp3) is 0.0196. The summed E-state index contributed by atoms with van der Waals surface area (Å²) in [6, 6.07) is 62.0. The van der Waals surface area contributed by atoms with Gasteiger partial charge in [-0.1, -0.05) is 140 Å². The zero-order valence-corrected chi connectivity index (χ0v) is 29.5. The van der Waals surface area contributed by atoms with E-state index in [0.717, 1.165) is 22.7 Å². The van der Waals surface area contributed by atoms with Crippen LogP contribution in [-0.2, 0) is 0 Å². The standard InChI is InChI=1S/C51H36N2/c1-3-4-22-42-34(2)30-37-18-14-24-45-47-32-40(27-29-46(47)51(42)50(37)45)52(39-21-13-17-36(31-39)35-15-7-5-8-16-35)41-26-28-44-43-23-11-12-25-48(43)53(49(44)33-41)38-19-9-6-10-20-38/h3-33H,1H2,2H3/b22-4-. The highest BCUT2D eigenvalue weighted by Gasteiger charge is 2.26. The van der Waals surface area contributed by atoms with E-state index in [1.165, 1.54) is 77.1 Å². The van der Waals surface area contributed by atoms with Gasteiger partial charge in [0.1, 0.15) is 0 Å². The molecule has 0 atom stereocenters. The highest BCUT2D eigenvalue weighted by molar-refractivity contribution is 6.18. The van der Waals surface area contributed by atoms with Gasteiger partial charge in [0.2, 0.25) is 0 Å². The summed E-state index contributed by atoms with van der Waals surface area (Å²) in [7, 11) is 0. The Morgan fingerprint density at radius 2 is 1.23 bits per heavy atom. The molecule has 0 saturated heterocycles. The van der Waals surface area contributed by atoms with Crippen LogP contribution in [0.3, 0.4) is 0 Å². The van der Waals surface area contributed by atoms with Crippen molar-refractivity contribution in [1.29, 1.82) is 0 Å². The van der Waals surface area contributed by atoms with Gasteiger partial charge in [-0.2, -0.15) is 0 Å². The lowest BCUT2D eigenvalue weighted by Gasteiger charge is -2.27. The maximum atomic E-state index is 3.95. The van der Waals surface area contributed by atoms with Gasteiger partial charge in [-0.3, -0.25) is 0 Å². The summed E-state index contributed by atoms with van der Waals surface area (Å²) < 4.78 is 2.40. The molecule has 8 aromatic carbocycles. The lowest BCUT2D eigenvalue weighted by Crippen LogP contribution is -2.10. The van der Waals surface area contributed by atoms with Gasteiger partial charge < -0.3 is 9.47 Å². The van der Waals surface area contributed by atoms with Crippen LogP contribution >= 0.6 is 0 Å². The van der Waals surface area contributed by atoms with E-state index in [2.05, 4.69) is 199 Å². The number of hydrogen-bond acceptors (Lipinski definition) is 1. The van der Waals surface area contributed by atoms with Crippen molar-refractivity contribution in [1.82, 2.24) is 4.57 Å². The Bertz CT molecular complexity index is 2910. The first kappa shape index (κ1) is 30.9. The molecule has 1 aromatic heterocycles. The zero-order chi connectivity index (χ0) is 35.5. The van der Waals surface area contributed by atoms with E-state index in [0.29, 0.717) is 0 Å². The van der Waals surface area contributed by atoms with Gasteiger partial charge in [0, 0.05) is 33.5 Å². The predicted octanol–water partition coefficient (Wildman–Crippen LogP) is 14.2. The van der Waals surface area contributed by atoms with Crippen molar-refractivity contribution in [3.05, 3.63) is 200 Å². The second-order valence-electron chi connectivity index (χ2n) is 13.9. The third-order valence-corrected chi connectivity index (χ3v) is 10.8. The Morgan fingerprint density at radius 1 is 0.528 bits per heavy atom. The smallest absolute Gasteiger partial charge is 0.0561 e. The van der Waals surface area contributed by atoms with E-state index in [1.807, 2.05) is 12.2 Å². The number of benzene rings is 8. The van der Waals surface area contributed by atoms with Crippen LogP contribution in [0.4, 0.5) is 17.1 Å². The second-order valence-corrected chi connectivity index (χ2v) is 13.9. The number of nitrogens with zero attached hydrogens (tertiary/aromatic N) is 2. The lowest BCUT2D eigenvalue weighted by atomic mass is 9.93. The van der Waals surface area contributed by atoms with Gasteiger partial charge >= 0.3 is 0 Å². The summed E-state index contributed by atoms with van der Waals surface area (Å²) in [5, 5.41) is 5.07. The topological polar surface area (TPSA) is 8.17 Å². The third-order valence-electron chi connectivity index (χ3n) is 10.8. The number of aromatic nitrogens is 1. The van der Waals surface area contributed by atoms with E-state index in [-0.39, 0.29) is 0 Å². The van der Waals surface area contributed by atoms with Gasteiger partial charge in [0.05, 0.1) is 11.0 Å². The maximum absolute atomic E-state index is 3.95. The molecule has 0 amide bonds. The Balaban J connectivity index is 1.22. The maximum Gasteiger partial charge on any atom is 0.0561 e. The minimum Gasteiger partial charge on any atom is -0.310 e. The first-order valence-corrected chi connectivity index (χ1v) is 18.2. The molecule has 2 heteroatoms. The van der Waals surface area contributed by atoms with Crippen LogP contribution in [0.5, 0.6) is 0 Å². The van der Waals surface area contributed by atoms with Crippen LogP contribution in [0.25, 0.3) is 77.7 Å². The molecule has 0 unspecified atom stereocenters. The SMILES string of the molecule is C=C/C=C\c1c(C)cc2cccc3c2c1-c1ccc(N(c2cccc(-c4ccccc4)c2)c2ccc4c5ccccc5n(-c5ccccc5)c4c2)cc1-3. The van der Waals surface area contributed by atoms with Gasteiger partial charge in [0.15, 0.2) is 0 Å². The highest BCUT2D eigenvalue weighted by atomic mass is 15.1. The number of hydrogen-bond donors (Lipinski definition) is 0. The molecule has 250 valence electrons. The van der Waals surface area contributed by atoms with Crippen LogP contribution in [0.15, 0.2) is 189 Å². The first-order valence-electron chi connectivity index (χ1n) is 18.2. The molecule has 9 aromatic rings. The van der Waals surface area contributed by atoms with Gasteiger partial charge in [0.25, 0.3) is 0 Å². The van der Waals surface area contributed by atoms with Crippen molar-refractivity contribution < 1.29 is 0 Å². The van der Waals surface area contributed by atoms with E-state index in [9.17, 15) is 0 Å². The van der Waals surface area contributed by atoms with E-state index in [1.54, 1.807) is 0 Å². The third kappa shape index (κ3) is 4.95. The summed E-state index contributed by atoms with van der Waals surface area (Å²) in [5.74, 6) is 0. The highest BCUT2D eigenvalue weighted by Crippen LogP contribution is 2.52. The predicted molar refractivity (Wildman–Crippen MR) is 227 cm³/mol. The molecule has 0 N–H and O–H groups in total. The molecule has 1 heterocycles. The first-order chi connectivity index (χ1) is 26.2. The quantitative estimate of drug-likeness (QED) is 0.153. The van der Waals surface area contributed by atoms with E-state index in [4.69, 9.17) is 0 Å².